The van der Waals surface area contributed by atoms with Crippen LogP contribution in [0.25, 0.3) is 0 Å². The summed E-state index contributed by atoms with van der Waals surface area (Å²) in [6.07, 6.45) is 6.93. The maximum Gasteiger partial charge on any atom is -0.0162 e. The average Bonchev–Trinajstić information content (AvgIpc) is 2.82. The fourth-order valence-corrected chi connectivity index (χ4v) is 2.79. The summed E-state index contributed by atoms with van der Waals surface area (Å²) in [6.45, 7) is 4.62. The van der Waals surface area contributed by atoms with Gasteiger partial charge in [-0.25, -0.2) is 0 Å². The normalized spacial score (nSPS) is 18.1. The fourth-order valence-electron chi connectivity index (χ4n) is 2.79. The molecule has 1 fully saturated rings. The summed E-state index contributed by atoms with van der Waals surface area (Å²) in [6, 6.07) is 9.26. The van der Waals surface area contributed by atoms with Crippen LogP contribution < -0.4 is 0 Å². The monoisotopic (exact) mass is 218 g/mol. The fraction of sp³-hybridized carbons (Fsp3) is 0.625. The highest BCUT2D eigenvalue weighted by Gasteiger charge is 2.22. The van der Waals surface area contributed by atoms with Crippen molar-refractivity contribution < 1.29 is 0 Å². The van der Waals surface area contributed by atoms with Crippen LogP contribution in [0.5, 0.6) is 0 Å². The molecule has 1 aromatic rings. The van der Waals surface area contributed by atoms with Gasteiger partial charge in [0.1, 0.15) is 0 Å². The molecular weight excluding hydrogens is 192 g/mol. The molecule has 1 saturated carbocycles. The first-order valence-corrected chi connectivity index (χ1v) is 6.40. The molecular formula is C16H26. The van der Waals surface area contributed by atoms with Crippen molar-refractivity contribution in [2.45, 2.75) is 59.3 Å². The molecule has 0 aromatic heterocycles. The van der Waals surface area contributed by atoms with Gasteiger partial charge in [-0.05, 0) is 42.2 Å². The first kappa shape index (κ1) is 13.3. The van der Waals surface area contributed by atoms with Crippen LogP contribution in [0.4, 0.5) is 0 Å². The van der Waals surface area contributed by atoms with Crippen LogP contribution in [-0.2, 0) is 6.42 Å². The Hall–Kier alpha value is -0.780. The highest BCUT2D eigenvalue weighted by molar-refractivity contribution is 5.25. The Morgan fingerprint density at radius 1 is 1.12 bits per heavy atom. The summed E-state index contributed by atoms with van der Waals surface area (Å²) < 4.78 is 0. The van der Waals surface area contributed by atoms with E-state index in [0.717, 1.165) is 18.3 Å². The highest BCUT2D eigenvalue weighted by atomic mass is 14.3. The summed E-state index contributed by atoms with van der Waals surface area (Å²) >= 11 is 0. The molecule has 1 unspecified atom stereocenters. The molecule has 0 heteroatoms. The van der Waals surface area contributed by atoms with Crippen LogP contribution >= 0.6 is 0 Å². The summed E-state index contributed by atoms with van der Waals surface area (Å²) in [4.78, 5) is 0. The quantitative estimate of drug-likeness (QED) is 0.656. The molecule has 2 rings (SSSR count). The molecule has 0 nitrogen and oxygen atoms in total. The first-order chi connectivity index (χ1) is 7.31. The zero-order valence-electron chi connectivity index (χ0n) is 10.00. The van der Waals surface area contributed by atoms with Gasteiger partial charge in [0.15, 0.2) is 0 Å². The maximum atomic E-state index is 2.40. The lowest BCUT2D eigenvalue weighted by molar-refractivity contribution is 0.461. The zero-order valence-corrected chi connectivity index (χ0v) is 10.00. The smallest absolute Gasteiger partial charge is 0.0162 e. The van der Waals surface area contributed by atoms with E-state index in [-0.39, 0.29) is 7.43 Å². The maximum absolute atomic E-state index is 2.40. The van der Waals surface area contributed by atoms with Crippen LogP contribution in [0.3, 0.4) is 0 Å². The lowest BCUT2D eigenvalue weighted by Gasteiger charge is -2.19. The molecule has 0 aliphatic heterocycles. The molecule has 0 amide bonds. The van der Waals surface area contributed by atoms with Crippen LogP contribution in [0.2, 0.25) is 0 Å². The molecule has 0 radical (unpaired) electrons. The van der Waals surface area contributed by atoms with Crippen molar-refractivity contribution in [1.82, 2.24) is 0 Å². The minimum atomic E-state index is 0. The van der Waals surface area contributed by atoms with Crippen LogP contribution in [-0.4, -0.2) is 0 Å². The second-order valence-corrected chi connectivity index (χ2v) is 4.93. The lowest BCUT2D eigenvalue weighted by atomic mass is 9.86. The van der Waals surface area contributed by atoms with Gasteiger partial charge in [-0.3, -0.25) is 0 Å². The van der Waals surface area contributed by atoms with Gasteiger partial charge in [0.25, 0.3) is 0 Å². The van der Waals surface area contributed by atoms with Gasteiger partial charge in [-0.2, -0.15) is 0 Å². The van der Waals surface area contributed by atoms with Gasteiger partial charge in [-0.1, -0.05) is 58.4 Å². The molecule has 0 N–H and O–H groups in total. The van der Waals surface area contributed by atoms with Gasteiger partial charge in [-0.15, -0.1) is 0 Å². The highest BCUT2D eigenvalue weighted by Crippen LogP contribution is 2.36. The minimum Gasteiger partial charge on any atom is -0.0776 e. The molecule has 1 aromatic carbocycles. The summed E-state index contributed by atoms with van der Waals surface area (Å²) in [5.74, 6) is 1.70. The molecule has 0 heterocycles. The molecule has 90 valence electrons. The van der Waals surface area contributed by atoms with E-state index in [1.807, 2.05) is 0 Å². The van der Waals surface area contributed by atoms with E-state index in [9.17, 15) is 0 Å². The number of rotatable bonds is 3. The Morgan fingerprint density at radius 2 is 1.69 bits per heavy atom. The number of hydrogen-bond donors (Lipinski definition) is 0. The Kier molecular flexibility index (Phi) is 5.05. The van der Waals surface area contributed by atoms with Crippen molar-refractivity contribution in [1.29, 1.82) is 0 Å². The largest absolute Gasteiger partial charge is 0.0776 e. The van der Waals surface area contributed by atoms with Gasteiger partial charge in [0.2, 0.25) is 0 Å². The Labute approximate surface area is 101 Å². The zero-order chi connectivity index (χ0) is 10.7. The summed E-state index contributed by atoms with van der Waals surface area (Å²) in [5.41, 5.74) is 3.00. The van der Waals surface area contributed by atoms with Gasteiger partial charge in [0.05, 0.1) is 0 Å². The Bertz CT molecular complexity index is 290. The van der Waals surface area contributed by atoms with Crippen molar-refractivity contribution in [2.24, 2.45) is 5.92 Å². The van der Waals surface area contributed by atoms with Crippen molar-refractivity contribution in [3.8, 4) is 0 Å². The third kappa shape index (κ3) is 2.87. The van der Waals surface area contributed by atoms with Crippen LogP contribution in [0.1, 0.15) is 64.0 Å². The predicted molar refractivity (Wildman–Crippen MR) is 72.9 cm³/mol. The van der Waals surface area contributed by atoms with Gasteiger partial charge in [0, 0.05) is 0 Å². The third-order valence-corrected chi connectivity index (χ3v) is 4.02. The van der Waals surface area contributed by atoms with E-state index < -0.39 is 0 Å². The SMILES string of the molecule is C.CCc1ccc(C(C)C2CCCC2)cc1. The molecule has 0 spiro atoms. The Morgan fingerprint density at radius 3 is 2.19 bits per heavy atom. The molecule has 0 bridgehead atoms. The standard InChI is InChI=1S/C15H22.CH4/c1-3-13-8-10-15(11-9-13)12(2)14-6-4-5-7-14;/h8-12,14H,3-7H2,1-2H3;1H4. The summed E-state index contributed by atoms with van der Waals surface area (Å²) in [7, 11) is 0. The van der Waals surface area contributed by atoms with E-state index in [2.05, 4.69) is 38.1 Å². The topological polar surface area (TPSA) is 0 Å². The number of hydrogen-bond acceptors (Lipinski definition) is 0. The number of aryl methyl sites for hydroxylation is 1. The van der Waals surface area contributed by atoms with Crippen molar-refractivity contribution in [3.05, 3.63) is 35.4 Å². The van der Waals surface area contributed by atoms with Gasteiger partial charge < -0.3 is 0 Å². The predicted octanol–water partition coefficient (Wildman–Crippen LogP) is 5.18. The lowest BCUT2D eigenvalue weighted by Crippen LogP contribution is -2.05. The van der Waals surface area contributed by atoms with Crippen molar-refractivity contribution >= 4 is 0 Å². The molecule has 1 atom stereocenters. The molecule has 1 aliphatic carbocycles. The third-order valence-electron chi connectivity index (χ3n) is 4.02. The van der Waals surface area contributed by atoms with E-state index in [1.165, 1.54) is 31.2 Å². The van der Waals surface area contributed by atoms with Crippen molar-refractivity contribution in [2.75, 3.05) is 0 Å². The first-order valence-electron chi connectivity index (χ1n) is 6.40. The number of benzene rings is 1. The van der Waals surface area contributed by atoms with E-state index in [0.29, 0.717) is 0 Å². The molecule has 16 heavy (non-hydrogen) atoms. The second kappa shape index (κ2) is 6.08. The molecule has 1 aliphatic rings. The van der Waals surface area contributed by atoms with E-state index >= 15 is 0 Å². The van der Waals surface area contributed by atoms with E-state index in [4.69, 9.17) is 0 Å². The Balaban J connectivity index is 0.00000128. The molecule has 0 saturated heterocycles. The van der Waals surface area contributed by atoms with E-state index in [1.54, 1.807) is 5.56 Å². The van der Waals surface area contributed by atoms with Crippen molar-refractivity contribution in [3.63, 3.8) is 0 Å². The summed E-state index contributed by atoms with van der Waals surface area (Å²) in [5, 5.41) is 0. The average molecular weight is 218 g/mol. The van der Waals surface area contributed by atoms with Gasteiger partial charge >= 0.3 is 0 Å². The van der Waals surface area contributed by atoms with Crippen LogP contribution in [0, 0.1) is 5.92 Å². The van der Waals surface area contributed by atoms with Crippen LogP contribution in [0.15, 0.2) is 24.3 Å². The minimum absolute atomic E-state index is 0. The second-order valence-electron chi connectivity index (χ2n) is 4.93.